The summed E-state index contributed by atoms with van der Waals surface area (Å²) in [6.45, 7) is 5.47. The van der Waals surface area contributed by atoms with Gasteiger partial charge in [0.15, 0.2) is 6.61 Å². The lowest BCUT2D eigenvalue weighted by molar-refractivity contribution is -0.146. The first-order valence-corrected chi connectivity index (χ1v) is 8.30. The highest BCUT2D eigenvalue weighted by molar-refractivity contribution is 5.78. The number of benzene rings is 1. The second-order valence-corrected chi connectivity index (χ2v) is 6.62. The Labute approximate surface area is 137 Å². The van der Waals surface area contributed by atoms with E-state index in [1.807, 2.05) is 30.0 Å². The van der Waals surface area contributed by atoms with Crippen molar-refractivity contribution < 1.29 is 19.4 Å². The SMILES string of the molecule is Cc1ccc(OCC(=O)N2CCOC3C[C@H](CO)C[C@@H]32)cc1C. The lowest BCUT2D eigenvalue weighted by Crippen LogP contribution is -2.52. The summed E-state index contributed by atoms with van der Waals surface area (Å²) in [6.07, 6.45) is 1.71. The quantitative estimate of drug-likeness (QED) is 0.917. The molecule has 0 bridgehead atoms. The van der Waals surface area contributed by atoms with Crippen molar-refractivity contribution in [3.63, 3.8) is 0 Å². The van der Waals surface area contributed by atoms with Gasteiger partial charge in [0, 0.05) is 13.2 Å². The summed E-state index contributed by atoms with van der Waals surface area (Å²) < 4.78 is 11.4. The highest BCUT2D eigenvalue weighted by atomic mass is 16.5. The van der Waals surface area contributed by atoms with Gasteiger partial charge in [-0.15, -0.1) is 0 Å². The van der Waals surface area contributed by atoms with E-state index < -0.39 is 0 Å². The molecule has 2 aliphatic rings. The predicted octanol–water partition coefficient (Wildman–Crippen LogP) is 1.68. The highest BCUT2D eigenvalue weighted by Gasteiger charge is 2.42. The van der Waals surface area contributed by atoms with E-state index in [-0.39, 0.29) is 37.2 Å². The number of rotatable bonds is 4. The van der Waals surface area contributed by atoms with E-state index in [1.54, 1.807) is 0 Å². The van der Waals surface area contributed by atoms with E-state index in [4.69, 9.17) is 9.47 Å². The fourth-order valence-electron chi connectivity index (χ4n) is 3.54. The van der Waals surface area contributed by atoms with Gasteiger partial charge in [-0.25, -0.2) is 0 Å². The zero-order valence-electron chi connectivity index (χ0n) is 13.8. The fraction of sp³-hybridized carbons (Fsp3) is 0.611. The van der Waals surface area contributed by atoms with Gasteiger partial charge in [-0.3, -0.25) is 4.79 Å². The second-order valence-electron chi connectivity index (χ2n) is 6.62. The van der Waals surface area contributed by atoms with Crippen LogP contribution < -0.4 is 4.74 Å². The average molecular weight is 319 g/mol. The molecule has 126 valence electrons. The van der Waals surface area contributed by atoms with Crippen LogP contribution in [-0.2, 0) is 9.53 Å². The number of carbonyl (C=O) groups is 1. The zero-order chi connectivity index (χ0) is 16.4. The molecule has 1 aliphatic heterocycles. The van der Waals surface area contributed by atoms with Crippen LogP contribution in [0.3, 0.4) is 0 Å². The van der Waals surface area contributed by atoms with E-state index in [1.165, 1.54) is 5.56 Å². The molecular formula is C18H25NO4. The number of hydrogen-bond acceptors (Lipinski definition) is 4. The smallest absolute Gasteiger partial charge is 0.260 e. The number of ether oxygens (including phenoxy) is 2. The predicted molar refractivity (Wildman–Crippen MR) is 86.5 cm³/mol. The number of nitrogens with zero attached hydrogens (tertiary/aromatic N) is 1. The van der Waals surface area contributed by atoms with Crippen LogP contribution in [0.25, 0.3) is 0 Å². The average Bonchev–Trinajstić information content (AvgIpc) is 2.98. The topological polar surface area (TPSA) is 59.0 Å². The minimum absolute atomic E-state index is 0.000109. The maximum Gasteiger partial charge on any atom is 0.260 e. The molecule has 0 aromatic heterocycles. The maximum absolute atomic E-state index is 12.5. The van der Waals surface area contributed by atoms with Crippen LogP contribution in [0, 0.1) is 19.8 Å². The number of morpholine rings is 1. The Kier molecular flexibility index (Phi) is 4.87. The molecule has 1 aromatic rings. The highest BCUT2D eigenvalue weighted by Crippen LogP contribution is 2.34. The molecule has 23 heavy (non-hydrogen) atoms. The van der Waals surface area contributed by atoms with E-state index in [0.717, 1.165) is 24.2 Å². The van der Waals surface area contributed by atoms with Crippen LogP contribution in [0.2, 0.25) is 0 Å². The van der Waals surface area contributed by atoms with Crippen molar-refractivity contribution in [2.24, 2.45) is 5.92 Å². The maximum atomic E-state index is 12.5. The molecule has 1 aromatic carbocycles. The normalized spacial score (nSPS) is 26.9. The Morgan fingerprint density at radius 3 is 2.91 bits per heavy atom. The van der Waals surface area contributed by atoms with Crippen molar-refractivity contribution in [1.82, 2.24) is 4.90 Å². The first-order chi connectivity index (χ1) is 11.1. The molecule has 3 rings (SSSR count). The molecule has 2 fully saturated rings. The summed E-state index contributed by atoms with van der Waals surface area (Å²) in [5.74, 6) is 0.963. The van der Waals surface area contributed by atoms with Gasteiger partial charge < -0.3 is 19.5 Å². The fourth-order valence-corrected chi connectivity index (χ4v) is 3.54. The van der Waals surface area contributed by atoms with E-state index in [0.29, 0.717) is 13.2 Å². The molecule has 0 radical (unpaired) electrons. The molecule has 5 heteroatoms. The van der Waals surface area contributed by atoms with Crippen LogP contribution >= 0.6 is 0 Å². The lowest BCUT2D eigenvalue weighted by atomic mass is 10.1. The van der Waals surface area contributed by atoms with Crippen molar-refractivity contribution in [2.75, 3.05) is 26.4 Å². The molecule has 1 aliphatic carbocycles. The summed E-state index contributed by atoms with van der Waals surface area (Å²) in [4.78, 5) is 14.4. The van der Waals surface area contributed by atoms with Crippen molar-refractivity contribution in [1.29, 1.82) is 0 Å². The van der Waals surface area contributed by atoms with Crippen molar-refractivity contribution in [3.05, 3.63) is 29.3 Å². The molecule has 5 nitrogen and oxygen atoms in total. The number of amides is 1. The number of hydrogen-bond donors (Lipinski definition) is 1. The van der Waals surface area contributed by atoms with E-state index in [2.05, 4.69) is 6.92 Å². The molecule has 3 atom stereocenters. The van der Waals surface area contributed by atoms with Crippen LogP contribution in [0.4, 0.5) is 0 Å². The number of aliphatic hydroxyl groups excluding tert-OH is 1. The second kappa shape index (κ2) is 6.89. The Morgan fingerprint density at radius 2 is 2.17 bits per heavy atom. The van der Waals surface area contributed by atoms with E-state index >= 15 is 0 Å². The minimum Gasteiger partial charge on any atom is -0.484 e. The van der Waals surface area contributed by atoms with Crippen LogP contribution in [-0.4, -0.2) is 54.4 Å². The molecular weight excluding hydrogens is 294 g/mol. The van der Waals surface area contributed by atoms with Crippen molar-refractivity contribution in [2.45, 2.75) is 38.8 Å². The molecule has 1 saturated heterocycles. The van der Waals surface area contributed by atoms with Crippen LogP contribution in [0.15, 0.2) is 18.2 Å². The van der Waals surface area contributed by atoms with Crippen LogP contribution in [0.1, 0.15) is 24.0 Å². The summed E-state index contributed by atoms with van der Waals surface area (Å²) in [5.41, 5.74) is 2.36. The van der Waals surface area contributed by atoms with Crippen LogP contribution in [0.5, 0.6) is 5.75 Å². The summed E-state index contributed by atoms with van der Waals surface area (Å²) in [6, 6.07) is 5.94. The first-order valence-electron chi connectivity index (χ1n) is 8.30. The Balaban J connectivity index is 1.60. The number of carbonyl (C=O) groups excluding carboxylic acids is 1. The molecule has 1 N–H and O–H groups in total. The Morgan fingerprint density at radius 1 is 1.35 bits per heavy atom. The monoisotopic (exact) mass is 319 g/mol. The zero-order valence-corrected chi connectivity index (χ0v) is 13.8. The third kappa shape index (κ3) is 3.51. The van der Waals surface area contributed by atoms with Gasteiger partial charge in [0.05, 0.1) is 18.8 Å². The van der Waals surface area contributed by atoms with Gasteiger partial charge in [-0.1, -0.05) is 6.07 Å². The van der Waals surface area contributed by atoms with Gasteiger partial charge in [-0.2, -0.15) is 0 Å². The largest absolute Gasteiger partial charge is 0.484 e. The van der Waals surface area contributed by atoms with Gasteiger partial charge in [0.25, 0.3) is 5.91 Å². The number of fused-ring (bicyclic) bond motifs is 1. The van der Waals surface area contributed by atoms with Gasteiger partial charge >= 0.3 is 0 Å². The van der Waals surface area contributed by atoms with Crippen molar-refractivity contribution >= 4 is 5.91 Å². The molecule has 0 spiro atoms. The van der Waals surface area contributed by atoms with E-state index in [9.17, 15) is 9.90 Å². The first kappa shape index (κ1) is 16.3. The Bertz CT molecular complexity index is 574. The molecule has 1 amide bonds. The summed E-state index contributed by atoms with van der Waals surface area (Å²) >= 11 is 0. The lowest BCUT2D eigenvalue weighted by Gasteiger charge is -2.37. The van der Waals surface area contributed by atoms with Gasteiger partial charge in [0.2, 0.25) is 0 Å². The third-order valence-corrected chi connectivity index (χ3v) is 5.05. The number of aryl methyl sites for hydroxylation is 2. The Hall–Kier alpha value is -1.59. The minimum atomic E-state index is 0.000109. The third-order valence-electron chi connectivity index (χ3n) is 5.05. The molecule has 1 unspecified atom stereocenters. The molecule has 1 heterocycles. The number of aliphatic hydroxyl groups is 1. The standard InChI is InChI=1S/C18H25NO4/c1-12-3-4-15(7-13(12)2)23-11-18(21)19-5-6-22-17-9-14(10-20)8-16(17)19/h3-4,7,14,16-17,20H,5-6,8-11H2,1-2H3/t14-,16+,17?/m1/s1. The van der Waals surface area contributed by atoms with Gasteiger partial charge in [0.1, 0.15) is 5.75 Å². The van der Waals surface area contributed by atoms with Crippen molar-refractivity contribution in [3.8, 4) is 5.75 Å². The summed E-state index contributed by atoms with van der Waals surface area (Å²) in [7, 11) is 0. The molecule has 1 saturated carbocycles. The summed E-state index contributed by atoms with van der Waals surface area (Å²) in [5, 5.41) is 9.35. The van der Waals surface area contributed by atoms with Gasteiger partial charge in [-0.05, 0) is 55.9 Å².